The van der Waals surface area contributed by atoms with Crippen molar-refractivity contribution in [3.63, 3.8) is 0 Å². The van der Waals surface area contributed by atoms with E-state index < -0.39 is 0 Å². The van der Waals surface area contributed by atoms with Crippen molar-refractivity contribution in [3.05, 3.63) is 59.7 Å². The van der Waals surface area contributed by atoms with Crippen molar-refractivity contribution >= 4 is 27.9 Å². The van der Waals surface area contributed by atoms with Gasteiger partial charge in [0.25, 0.3) is 0 Å². The number of hydrogen-bond donors (Lipinski definition) is 0. The molecule has 1 aliphatic heterocycles. The van der Waals surface area contributed by atoms with Crippen molar-refractivity contribution in [1.82, 2.24) is 0 Å². The first-order valence-corrected chi connectivity index (χ1v) is 8.45. The van der Waals surface area contributed by atoms with E-state index in [0.29, 0.717) is 0 Å². The number of aliphatic imine (C=N–C) groups is 1. The van der Waals surface area contributed by atoms with Gasteiger partial charge in [0.2, 0.25) is 0 Å². The second-order valence-electron chi connectivity index (χ2n) is 6.17. The van der Waals surface area contributed by atoms with Gasteiger partial charge in [0.05, 0.1) is 6.54 Å². The summed E-state index contributed by atoms with van der Waals surface area (Å²) in [6, 6.07) is 18.0. The minimum absolute atomic E-state index is 0.778. The van der Waals surface area contributed by atoms with Crippen LogP contribution in [0.5, 0.6) is 0 Å². The first-order valence-electron chi connectivity index (χ1n) is 8.45. The van der Waals surface area contributed by atoms with Crippen LogP contribution in [-0.2, 0) is 17.6 Å². The normalized spacial score (nSPS) is 15.8. The maximum absolute atomic E-state index is 4.65. The van der Waals surface area contributed by atoms with Crippen LogP contribution in [0.3, 0.4) is 0 Å². The van der Waals surface area contributed by atoms with Crippen molar-refractivity contribution in [2.24, 2.45) is 4.99 Å². The molecule has 2 heteroatoms. The molecular weight excluding hydrogens is 282 g/mol. The van der Waals surface area contributed by atoms with Crippen LogP contribution < -0.4 is 0 Å². The molecule has 0 radical (unpaired) electrons. The van der Waals surface area contributed by atoms with E-state index in [0.717, 1.165) is 13.2 Å². The molecule has 0 bridgehead atoms. The molecule has 0 fully saturated rings. The van der Waals surface area contributed by atoms with Crippen molar-refractivity contribution in [1.29, 1.82) is 0 Å². The summed E-state index contributed by atoms with van der Waals surface area (Å²) in [4.78, 5) is 3.74. The number of rotatable bonds is 0. The molecule has 0 aromatic heterocycles. The zero-order valence-corrected chi connectivity index (χ0v) is 13.3. The van der Waals surface area contributed by atoms with E-state index >= 15 is 0 Å². The molecule has 0 N–H and O–H groups in total. The Kier molecular flexibility index (Phi) is 3.97. The molecule has 2 nitrogen and oxygen atoms in total. The molecule has 23 heavy (non-hydrogen) atoms. The number of nitrogens with zero attached hydrogens (tertiary/aromatic N) is 1. The van der Waals surface area contributed by atoms with Gasteiger partial charge < -0.3 is 4.74 Å². The second-order valence-corrected chi connectivity index (χ2v) is 6.17. The molecular formula is C21H21NO. The topological polar surface area (TPSA) is 21.6 Å². The number of aryl methyl sites for hydroxylation is 2. The van der Waals surface area contributed by atoms with Crippen LogP contribution in [0.25, 0.3) is 21.5 Å². The molecule has 0 amide bonds. The SMILES string of the molecule is C1=NCCO1.c1ccc2c(c1)ccc1c3c(ccc12)CCCC3. The Balaban J connectivity index is 0.000000233. The quantitative estimate of drug-likeness (QED) is 0.540. The second kappa shape index (κ2) is 6.41. The third kappa shape index (κ3) is 2.81. The van der Waals surface area contributed by atoms with Crippen LogP contribution in [0.4, 0.5) is 0 Å². The van der Waals surface area contributed by atoms with Gasteiger partial charge in [0, 0.05) is 0 Å². The molecule has 0 atom stereocenters. The van der Waals surface area contributed by atoms with Crippen molar-refractivity contribution in [3.8, 4) is 0 Å². The van der Waals surface area contributed by atoms with Crippen LogP contribution in [0.15, 0.2) is 53.5 Å². The summed E-state index contributed by atoms with van der Waals surface area (Å²) in [5.41, 5.74) is 3.17. The Morgan fingerprint density at radius 1 is 0.783 bits per heavy atom. The molecule has 1 aliphatic carbocycles. The first-order chi connectivity index (χ1) is 11.4. The molecule has 0 spiro atoms. The Morgan fingerprint density at radius 3 is 2.48 bits per heavy atom. The maximum Gasteiger partial charge on any atom is 0.169 e. The molecule has 0 unspecified atom stereocenters. The number of ether oxygens (including phenoxy) is 1. The lowest BCUT2D eigenvalue weighted by Crippen LogP contribution is -2.02. The Labute approximate surface area is 136 Å². The van der Waals surface area contributed by atoms with Crippen molar-refractivity contribution < 1.29 is 4.74 Å². The van der Waals surface area contributed by atoms with E-state index in [2.05, 4.69) is 58.3 Å². The fourth-order valence-corrected chi connectivity index (χ4v) is 3.61. The Morgan fingerprint density at radius 2 is 1.65 bits per heavy atom. The van der Waals surface area contributed by atoms with Gasteiger partial charge in [-0.05, 0) is 58.4 Å². The summed E-state index contributed by atoms with van der Waals surface area (Å²) in [5, 5.41) is 5.64. The molecule has 5 rings (SSSR count). The fraction of sp³-hybridized carbons (Fsp3) is 0.286. The monoisotopic (exact) mass is 303 g/mol. The van der Waals surface area contributed by atoms with E-state index in [9.17, 15) is 0 Å². The van der Waals surface area contributed by atoms with Gasteiger partial charge in [0.1, 0.15) is 6.61 Å². The molecule has 3 aromatic carbocycles. The lowest BCUT2D eigenvalue weighted by molar-refractivity contribution is 0.361. The zero-order chi connectivity index (χ0) is 15.5. The van der Waals surface area contributed by atoms with E-state index in [1.807, 2.05) is 0 Å². The van der Waals surface area contributed by atoms with Crippen LogP contribution in [0, 0.1) is 0 Å². The molecule has 116 valence electrons. The van der Waals surface area contributed by atoms with Gasteiger partial charge in [-0.25, -0.2) is 0 Å². The highest BCUT2D eigenvalue weighted by Crippen LogP contribution is 2.33. The van der Waals surface area contributed by atoms with E-state index in [1.165, 1.54) is 53.6 Å². The summed E-state index contributed by atoms with van der Waals surface area (Å²) in [6.45, 7) is 1.62. The summed E-state index contributed by atoms with van der Waals surface area (Å²) in [5.74, 6) is 0. The minimum Gasteiger partial charge on any atom is -0.482 e. The minimum atomic E-state index is 0.778. The van der Waals surface area contributed by atoms with Gasteiger partial charge in [-0.3, -0.25) is 4.99 Å². The molecule has 3 aromatic rings. The average molecular weight is 303 g/mol. The largest absolute Gasteiger partial charge is 0.482 e. The van der Waals surface area contributed by atoms with Crippen molar-refractivity contribution in [2.45, 2.75) is 25.7 Å². The standard InChI is InChI=1S/C18H16.C3H5NO/c1-3-7-15-13(5-1)9-11-18-16-8-4-2-6-14(16)10-12-17(15)18;1-2-5-3-4-1/h1,3,5,7,9-12H,2,4,6,8H2;3H,1-2H2. The van der Waals surface area contributed by atoms with Gasteiger partial charge in [0.15, 0.2) is 6.40 Å². The zero-order valence-electron chi connectivity index (χ0n) is 13.3. The lowest BCUT2D eigenvalue weighted by atomic mass is 9.86. The molecule has 0 saturated carbocycles. The third-order valence-corrected chi connectivity index (χ3v) is 4.74. The lowest BCUT2D eigenvalue weighted by Gasteiger charge is -2.18. The summed E-state index contributed by atoms with van der Waals surface area (Å²) < 4.78 is 4.65. The predicted molar refractivity (Wildman–Crippen MR) is 97.4 cm³/mol. The highest BCUT2D eigenvalue weighted by Gasteiger charge is 2.13. The average Bonchev–Trinajstić information content (AvgIpc) is 3.21. The molecule has 0 saturated heterocycles. The first kappa shape index (κ1) is 14.3. The number of fused-ring (bicyclic) bond motifs is 5. The van der Waals surface area contributed by atoms with Crippen molar-refractivity contribution in [2.75, 3.05) is 13.2 Å². The Bertz CT molecular complexity index is 860. The van der Waals surface area contributed by atoms with Crippen LogP contribution in [-0.4, -0.2) is 19.6 Å². The molecule has 2 aliphatic rings. The molecule has 1 heterocycles. The predicted octanol–water partition coefficient (Wildman–Crippen LogP) is 4.92. The maximum atomic E-state index is 4.65. The van der Waals surface area contributed by atoms with Crippen LogP contribution >= 0.6 is 0 Å². The van der Waals surface area contributed by atoms with Crippen LogP contribution in [0.2, 0.25) is 0 Å². The van der Waals surface area contributed by atoms with E-state index in [4.69, 9.17) is 0 Å². The van der Waals surface area contributed by atoms with Gasteiger partial charge in [-0.1, -0.05) is 48.5 Å². The highest BCUT2D eigenvalue weighted by molar-refractivity contribution is 6.08. The smallest absolute Gasteiger partial charge is 0.169 e. The van der Waals surface area contributed by atoms with E-state index in [-0.39, 0.29) is 0 Å². The summed E-state index contributed by atoms with van der Waals surface area (Å²) >= 11 is 0. The van der Waals surface area contributed by atoms with E-state index in [1.54, 1.807) is 11.1 Å². The van der Waals surface area contributed by atoms with Gasteiger partial charge >= 0.3 is 0 Å². The van der Waals surface area contributed by atoms with Crippen LogP contribution in [0.1, 0.15) is 24.0 Å². The highest BCUT2D eigenvalue weighted by atomic mass is 16.5. The van der Waals surface area contributed by atoms with Gasteiger partial charge in [-0.15, -0.1) is 0 Å². The Hall–Kier alpha value is -2.35. The summed E-state index contributed by atoms with van der Waals surface area (Å²) in [7, 11) is 0. The number of benzene rings is 3. The summed E-state index contributed by atoms with van der Waals surface area (Å²) in [6.07, 6.45) is 6.70. The van der Waals surface area contributed by atoms with Gasteiger partial charge in [-0.2, -0.15) is 0 Å². The third-order valence-electron chi connectivity index (χ3n) is 4.74. The fourth-order valence-electron chi connectivity index (χ4n) is 3.61. The number of hydrogen-bond acceptors (Lipinski definition) is 2.